The lowest BCUT2D eigenvalue weighted by molar-refractivity contribution is 0.0594. The molecule has 3 rings (SSSR count). The maximum atomic E-state index is 13.4. The van der Waals surface area contributed by atoms with Crippen molar-refractivity contribution in [2.45, 2.75) is 44.6 Å². The van der Waals surface area contributed by atoms with E-state index in [1.807, 2.05) is 0 Å². The van der Waals surface area contributed by atoms with E-state index < -0.39 is 22.0 Å². The summed E-state index contributed by atoms with van der Waals surface area (Å²) in [4.78, 5) is 28.4. The van der Waals surface area contributed by atoms with Crippen LogP contribution >= 0.6 is 0 Å². The Morgan fingerprint density at radius 1 is 1.21 bits per heavy atom. The van der Waals surface area contributed by atoms with E-state index >= 15 is 0 Å². The summed E-state index contributed by atoms with van der Waals surface area (Å²) in [6.45, 7) is 5.26. The molecule has 0 saturated heterocycles. The predicted octanol–water partition coefficient (Wildman–Crippen LogP) is 3.09. The predicted molar refractivity (Wildman–Crippen MR) is 108 cm³/mol. The second kappa shape index (κ2) is 8.12. The molecule has 1 aromatic heterocycles. The number of hydrogen-bond acceptors (Lipinski definition) is 5. The minimum Gasteiger partial charge on any atom is -0.464 e. The molecule has 1 aliphatic rings. The van der Waals surface area contributed by atoms with Crippen LogP contribution < -0.4 is 0 Å². The normalized spacial score (nSPS) is 15.3. The lowest BCUT2D eigenvalue weighted by Crippen LogP contribution is -2.44. The number of nitrogens with one attached hydrogen (secondary N) is 1. The summed E-state index contributed by atoms with van der Waals surface area (Å²) in [6.07, 6.45) is 1.91. The fourth-order valence-corrected chi connectivity index (χ4v) is 5.20. The lowest BCUT2D eigenvalue weighted by atomic mass is 10.0. The van der Waals surface area contributed by atoms with Crippen LogP contribution in [0.1, 0.15) is 51.9 Å². The Hall–Kier alpha value is -2.45. The Morgan fingerprint density at radius 2 is 1.83 bits per heavy atom. The molecular formula is C21H26N2O5S. The quantitative estimate of drug-likeness (QED) is 0.525. The summed E-state index contributed by atoms with van der Waals surface area (Å²) in [7, 11) is -2.57. The maximum Gasteiger partial charge on any atom is 0.354 e. The number of H-pyrrole nitrogens is 1. The van der Waals surface area contributed by atoms with Crippen LogP contribution in [0.15, 0.2) is 35.2 Å². The van der Waals surface area contributed by atoms with Gasteiger partial charge in [-0.1, -0.05) is 18.2 Å². The summed E-state index contributed by atoms with van der Waals surface area (Å²) < 4.78 is 32.6. The molecule has 2 aromatic rings. The summed E-state index contributed by atoms with van der Waals surface area (Å²) in [5.41, 5.74) is 1.53. The van der Waals surface area contributed by atoms with E-state index in [1.54, 1.807) is 39.0 Å². The van der Waals surface area contributed by atoms with E-state index in [-0.39, 0.29) is 22.3 Å². The van der Waals surface area contributed by atoms with E-state index in [2.05, 4.69) is 4.98 Å². The van der Waals surface area contributed by atoms with Gasteiger partial charge < -0.3 is 9.72 Å². The monoisotopic (exact) mass is 418 g/mol. The molecule has 1 fully saturated rings. The van der Waals surface area contributed by atoms with E-state index in [9.17, 15) is 18.0 Å². The highest BCUT2D eigenvalue weighted by molar-refractivity contribution is 7.89. The number of rotatable bonds is 8. The van der Waals surface area contributed by atoms with E-state index in [0.29, 0.717) is 23.4 Å². The van der Waals surface area contributed by atoms with Crippen molar-refractivity contribution < 1.29 is 22.7 Å². The second-order valence-electron chi connectivity index (χ2n) is 7.49. The number of Topliss-reactive ketones (excluding diaryl/α,β-unsaturated/α-hetero) is 1. The number of esters is 1. The smallest absolute Gasteiger partial charge is 0.354 e. The highest BCUT2D eigenvalue weighted by Crippen LogP contribution is 2.33. The van der Waals surface area contributed by atoms with Crippen LogP contribution in [0.3, 0.4) is 0 Å². The van der Waals surface area contributed by atoms with Crippen LogP contribution in [-0.2, 0) is 14.8 Å². The molecule has 1 saturated carbocycles. The first-order valence-corrected chi connectivity index (χ1v) is 11.0. The molecule has 1 aromatic carbocycles. The number of ether oxygens (including phenoxy) is 1. The first-order chi connectivity index (χ1) is 13.7. The van der Waals surface area contributed by atoms with Gasteiger partial charge in [-0.25, -0.2) is 13.2 Å². The maximum absolute atomic E-state index is 13.4. The van der Waals surface area contributed by atoms with Gasteiger partial charge in [0.1, 0.15) is 5.69 Å². The van der Waals surface area contributed by atoms with E-state index in [1.165, 1.54) is 23.5 Å². The average Bonchev–Trinajstić information content (AvgIpc) is 3.48. The molecule has 0 bridgehead atoms. The number of aromatic nitrogens is 1. The number of carbonyl (C=O) groups excluding carboxylic acids is 2. The molecule has 156 valence electrons. The van der Waals surface area contributed by atoms with Gasteiger partial charge in [-0.05, 0) is 57.2 Å². The highest BCUT2D eigenvalue weighted by atomic mass is 32.2. The summed E-state index contributed by atoms with van der Waals surface area (Å²) in [6, 6.07) is 7.25. The molecule has 29 heavy (non-hydrogen) atoms. The number of carbonyl (C=O) groups is 2. The standard InChI is InChI=1S/C21H26N2O5S/c1-13-18(14(2)22-19(13)21(25)28-4)20(24)15(3)23(12-16-10-11-16)29(26,27)17-8-6-5-7-9-17/h5-9,15-16,22H,10-12H2,1-4H3/t15-/m1/s1. The third-order valence-corrected chi connectivity index (χ3v) is 7.32. The molecular weight excluding hydrogens is 392 g/mol. The average molecular weight is 419 g/mol. The Kier molecular flexibility index (Phi) is 5.95. The number of hydrogen-bond donors (Lipinski definition) is 1. The van der Waals surface area contributed by atoms with Gasteiger partial charge in [0.2, 0.25) is 10.0 Å². The van der Waals surface area contributed by atoms with Crippen LogP contribution in [0.2, 0.25) is 0 Å². The molecule has 0 amide bonds. The van der Waals surface area contributed by atoms with Gasteiger partial charge in [0, 0.05) is 17.8 Å². The number of sulfonamides is 1. The summed E-state index contributed by atoms with van der Waals surface area (Å²) in [5.74, 6) is -0.640. The lowest BCUT2D eigenvalue weighted by Gasteiger charge is -2.28. The van der Waals surface area contributed by atoms with Gasteiger partial charge in [0.05, 0.1) is 18.0 Å². The third kappa shape index (κ3) is 4.13. The van der Waals surface area contributed by atoms with Gasteiger partial charge in [-0.15, -0.1) is 0 Å². The number of nitrogens with zero attached hydrogens (tertiary/aromatic N) is 1. The van der Waals surface area contributed by atoms with Gasteiger partial charge in [0.15, 0.2) is 5.78 Å². The van der Waals surface area contributed by atoms with Gasteiger partial charge in [-0.2, -0.15) is 4.31 Å². The minimum absolute atomic E-state index is 0.165. The van der Waals surface area contributed by atoms with Crippen LogP contribution in [0.5, 0.6) is 0 Å². The number of benzene rings is 1. The molecule has 0 aliphatic heterocycles. The minimum atomic E-state index is -3.84. The third-order valence-electron chi connectivity index (χ3n) is 5.37. The van der Waals surface area contributed by atoms with E-state index in [4.69, 9.17) is 4.74 Å². The van der Waals surface area contributed by atoms with Gasteiger partial charge in [0.25, 0.3) is 0 Å². The summed E-state index contributed by atoms with van der Waals surface area (Å²) >= 11 is 0. The molecule has 0 radical (unpaired) electrons. The Morgan fingerprint density at radius 3 is 2.38 bits per heavy atom. The molecule has 8 heteroatoms. The fourth-order valence-electron chi connectivity index (χ4n) is 3.51. The van der Waals surface area contributed by atoms with Crippen LogP contribution in [0, 0.1) is 19.8 Å². The Labute approximate surface area is 171 Å². The Bertz CT molecular complexity index is 1020. The van der Waals surface area contributed by atoms with Crippen molar-refractivity contribution >= 4 is 21.8 Å². The van der Waals surface area contributed by atoms with Crippen molar-refractivity contribution in [2.75, 3.05) is 13.7 Å². The van der Waals surface area contributed by atoms with Crippen molar-refractivity contribution in [1.29, 1.82) is 0 Å². The number of ketones is 1. The topological polar surface area (TPSA) is 96.5 Å². The van der Waals surface area contributed by atoms with Gasteiger partial charge >= 0.3 is 5.97 Å². The van der Waals surface area contributed by atoms with Crippen molar-refractivity contribution in [3.8, 4) is 0 Å². The van der Waals surface area contributed by atoms with Gasteiger partial charge in [-0.3, -0.25) is 4.79 Å². The zero-order valence-electron chi connectivity index (χ0n) is 17.1. The van der Waals surface area contributed by atoms with Crippen molar-refractivity contribution in [1.82, 2.24) is 9.29 Å². The first-order valence-electron chi connectivity index (χ1n) is 9.57. The molecule has 1 atom stereocenters. The molecule has 1 heterocycles. The van der Waals surface area contributed by atoms with E-state index in [0.717, 1.165) is 12.8 Å². The number of aryl methyl sites for hydroxylation is 1. The van der Waals surface area contributed by atoms with Crippen LogP contribution in [0.25, 0.3) is 0 Å². The first kappa shape index (κ1) is 21.3. The van der Waals surface area contributed by atoms with Crippen molar-refractivity contribution in [3.05, 3.63) is 52.8 Å². The molecule has 0 unspecified atom stereocenters. The number of methoxy groups -OCH3 is 1. The second-order valence-corrected chi connectivity index (χ2v) is 9.38. The Balaban J connectivity index is 1.99. The molecule has 1 aliphatic carbocycles. The number of aromatic amines is 1. The van der Waals surface area contributed by atoms with Crippen molar-refractivity contribution in [2.24, 2.45) is 5.92 Å². The highest BCUT2D eigenvalue weighted by Gasteiger charge is 2.39. The largest absolute Gasteiger partial charge is 0.464 e. The molecule has 1 N–H and O–H groups in total. The molecule has 0 spiro atoms. The SMILES string of the molecule is COC(=O)c1[nH]c(C)c(C(=O)[C@@H](C)N(CC2CC2)S(=O)(=O)c2ccccc2)c1C. The zero-order chi connectivity index (χ0) is 21.3. The zero-order valence-corrected chi connectivity index (χ0v) is 17.9. The van der Waals surface area contributed by atoms with Crippen molar-refractivity contribution in [3.63, 3.8) is 0 Å². The molecule has 7 nitrogen and oxygen atoms in total. The van der Waals surface area contributed by atoms with Crippen LogP contribution in [-0.4, -0.2) is 49.2 Å². The fraction of sp³-hybridized carbons (Fsp3) is 0.429. The van der Waals surface area contributed by atoms with Crippen LogP contribution in [0.4, 0.5) is 0 Å². The summed E-state index contributed by atoms with van der Waals surface area (Å²) in [5, 5.41) is 0.